The van der Waals surface area contributed by atoms with Crippen molar-refractivity contribution in [3.63, 3.8) is 0 Å². The number of benzene rings is 1. The van der Waals surface area contributed by atoms with Crippen molar-refractivity contribution in [3.8, 4) is 0 Å². The number of hydrogen-bond donors (Lipinski definition) is 2. The zero-order chi connectivity index (χ0) is 11.0. The van der Waals surface area contributed by atoms with Crippen molar-refractivity contribution in [2.24, 2.45) is 0 Å². The van der Waals surface area contributed by atoms with Gasteiger partial charge in [-0.2, -0.15) is 0 Å². The summed E-state index contributed by atoms with van der Waals surface area (Å²) < 4.78 is 0. The number of nitrogens with zero attached hydrogens (tertiary/aromatic N) is 1. The first-order valence-corrected chi connectivity index (χ1v) is 4.92. The van der Waals surface area contributed by atoms with Gasteiger partial charge in [-0.15, -0.1) is 0 Å². The summed E-state index contributed by atoms with van der Waals surface area (Å²) in [6.45, 7) is 1.01. The Morgan fingerprint density at radius 1 is 1.50 bits per heavy atom. The average Bonchev–Trinajstić information content (AvgIpc) is 2.13. The number of hydrogen-bond acceptors (Lipinski definition) is 3. The molecule has 0 radical (unpaired) electrons. The van der Waals surface area contributed by atoms with Gasteiger partial charge in [0, 0.05) is 13.1 Å². The fourth-order valence-corrected chi connectivity index (χ4v) is 1.91. The van der Waals surface area contributed by atoms with Crippen LogP contribution >= 0.6 is 11.6 Å². The number of halogens is 1. The minimum absolute atomic E-state index is 0. The van der Waals surface area contributed by atoms with Gasteiger partial charge in [-0.05, 0) is 12.1 Å². The van der Waals surface area contributed by atoms with Crippen LogP contribution in [0.1, 0.15) is 11.8 Å². The fourth-order valence-electron chi connectivity index (χ4n) is 1.58. The second kappa shape index (κ2) is 5.11. The Kier molecular flexibility index (Phi) is 4.28. The van der Waals surface area contributed by atoms with Crippen LogP contribution in [0.15, 0.2) is 18.2 Å². The number of carbonyl (C=O) groups is 1. The van der Waals surface area contributed by atoms with Crippen LogP contribution in [0.4, 0.5) is 5.69 Å². The molecule has 2 N–H and O–H groups in total. The molecular formula is C10H11ClLiNO3. The van der Waals surface area contributed by atoms with Crippen molar-refractivity contribution in [3.05, 3.63) is 28.8 Å². The molecule has 4 nitrogen and oxygen atoms in total. The van der Waals surface area contributed by atoms with E-state index < -0.39 is 5.97 Å². The number of carboxylic acids is 1. The third-order valence-electron chi connectivity index (χ3n) is 2.41. The molecule has 1 fully saturated rings. The van der Waals surface area contributed by atoms with E-state index in [1.54, 1.807) is 12.1 Å². The summed E-state index contributed by atoms with van der Waals surface area (Å²) in [4.78, 5) is 12.7. The van der Waals surface area contributed by atoms with Gasteiger partial charge in [-0.1, -0.05) is 17.7 Å². The Balaban J connectivity index is 0.00000128. The summed E-state index contributed by atoms with van der Waals surface area (Å²) >= 11 is 5.95. The van der Waals surface area contributed by atoms with Crippen LogP contribution in [-0.2, 0) is 0 Å². The Morgan fingerprint density at radius 3 is 2.62 bits per heavy atom. The number of aliphatic hydroxyl groups excluding tert-OH is 1. The molecule has 1 heterocycles. The maximum absolute atomic E-state index is 10.8. The molecular weight excluding hydrogens is 225 g/mol. The van der Waals surface area contributed by atoms with Crippen LogP contribution < -0.4 is 23.8 Å². The van der Waals surface area contributed by atoms with E-state index in [0.717, 1.165) is 0 Å². The van der Waals surface area contributed by atoms with Crippen LogP contribution in [0.25, 0.3) is 0 Å². The summed E-state index contributed by atoms with van der Waals surface area (Å²) in [6.07, 6.45) is -0.338. The molecule has 0 amide bonds. The van der Waals surface area contributed by atoms with Crippen LogP contribution in [0.2, 0.25) is 5.02 Å². The van der Waals surface area contributed by atoms with Crippen molar-refractivity contribution in [1.82, 2.24) is 0 Å². The molecule has 6 heteroatoms. The standard InChI is InChI=1S/C10H10ClNO3.Li.H/c11-9-7(10(14)15)2-1-3-8(9)12-4-6(13)5-12;;/h1-3,6,13H,4-5H2,(H,14,15);;/q;+1;-1. The van der Waals surface area contributed by atoms with Crippen LogP contribution in [-0.4, -0.2) is 35.4 Å². The van der Waals surface area contributed by atoms with Crippen LogP contribution in [0, 0.1) is 0 Å². The predicted molar refractivity (Wildman–Crippen MR) is 57.7 cm³/mol. The van der Waals surface area contributed by atoms with Crippen molar-refractivity contribution < 1.29 is 35.3 Å². The number of aliphatic hydroxyl groups is 1. The van der Waals surface area contributed by atoms with E-state index in [2.05, 4.69) is 0 Å². The number of aromatic carboxylic acids is 1. The van der Waals surface area contributed by atoms with Crippen molar-refractivity contribution in [2.45, 2.75) is 6.10 Å². The molecule has 0 aliphatic carbocycles. The summed E-state index contributed by atoms with van der Waals surface area (Å²) in [5.41, 5.74) is 0.762. The molecule has 0 saturated carbocycles. The van der Waals surface area contributed by atoms with E-state index in [1.807, 2.05) is 4.90 Å². The molecule has 1 aliphatic heterocycles. The SMILES string of the molecule is O=C(O)c1cccc(N2CC(O)C2)c1Cl.[H-].[Li+]. The summed E-state index contributed by atoms with van der Waals surface area (Å²) in [5, 5.41) is 18.2. The van der Waals surface area contributed by atoms with E-state index in [4.69, 9.17) is 21.8 Å². The maximum atomic E-state index is 10.8. The normalized spacial score (nSPS) is 15.2. The molecule has 0 bridgehead atoms. The number of rotatable bonds is 2. The van der Waals surface area contributed by atoms with Gasteiger partial charge in [0.2, 0.25) is 0 Å². The molecule has 1 aliphatic rings. The Hall–Kier alpha value is -0.663. The van der Waals surface area contributed by atoms with Gasteiger partial charge in [0.15, 0.2) is 0 Å². The largest absolute Gasteiger partial charge is 1.00 e. The van der Waals surface area contributed by atoms with Crippen molar-refractivity contribution >= 4 is 23.3 Å². The van der Waals surface area contributed by atoms with E-state index in [-0.39, 0.29) is 37.0 Å². The van der Waals surface area contributed by atoms with Crippen molar-refractivity contribution in [2.75, 3.05) is 18.0 Å². The average molecular weight is 236 g/mol. The van der Waals surface area contributed by atoms with Gasteiger partial charge < -0.3 is 16.5 Å². The van der Waals surface area contributed by atoms with E-state index >= 15 is 0 Å². The van der Waals surface area contributed by atoms with Gasteiger partial charge in [0.1, 0.15) is 0 Å². The van der Waals surface area contributed by atoms with Gasteiger partial charge in [0.05, 0.1) is 22.4 Å². The first kappa shape index (κ1) is 13.4. The van der Waals surface area contributed by atoms with E-state index in [1.165, 1.54) is 6.07 Å². The Bertz CT molecular complexity index is 413. The third-order valence-corrected chi connectivity index (χ3v) is 2.81. The Morgan fingerprint density at radius 2 is 2.12 bits per heavy atom. The number of β-amino-alcohol motifs (C(OH)–C–C–N with tert-alkyl or cyclic N) is 1. The minimum Gasteiger partial charge on any atom is -1.00 e. The molecule has 0 spiro atoms. The summed E-state index contributed by atoms with van der Waals surface area (Å²) in [5.74, 6) is -1.04. The fraction of sp³-hybridized carbons (Fsp3) is 0.300. The zero-order valence-corrected chi connectivity index (χ0v) is 9.61. The van der Waals surface area contributed by atoms with Gasteiger partial charge in [-0.3, -0.25) is 0 Å². The third kappa shape index (κ3) is 2.36. The van der Waals surface area contributed by atoms with Crippen LogP contribution in [0.5, 0.6) is 0 Å². The maximum Gasteiger partial charge on any atom is 1.00 e. The molecule has 2 rings (SSSR count). The molecule has 0 aromatic heterocycles. The molecule has 1 aromatic carbocycles. The van der Waals surface area contributed by atoms with Gasteiger partial charge in [-0.25, -0.2) is 4.79 Å². The molecule has 1 aromatic rings. The first-order valence-electron chi connectivity index (χ1n) is 4.54. The number of anilines is 1. The van der Waals surface area contributed by atoms with E-state index in [0.29, 0.717) is 18.8 Å². The molecule has 0 unspecified atom stereocenters. The van der Waals surface area contributed by atoms with E-state index in [9.17, 15) is 4.79 Å². The Labute approximate surface area is 111 Å². The zero-order valence-electron chi connectivity index (χ0n) is 9.85. The summed E-state index contributed by atoms with van der Waals surface area (Å²) in [7, 11) is 0. The second-order valence-electron chi connectivity index (χ2n) is 3.50. The quantitative estimate of drug-likeness (QED) is 0.602. The second-order valence-corrected chi connectivity index (χ2v) is 3.88. The monoisotopic (exact) mass is 235 g/mol. The predicted octanol–water partition coefficient (Wildman–Crippen LogP) is -1.66. The topological polar surface area (TPSA) is 60.8 Å². The summed E-state index contributed by atoms with van der Waals surface area (Å²) in [6, 6.07) is 4.86. The molecule has 1 saturated heterocycles. The molecule has 16 heavy (non-hydrogen) atoms. The van der Waals surface area contributed by atoms with Crippen LogP contribution in [0.3, 0.4) is 0 Å². The molecule has 82 valence electrons. The minimum atomic E-state index is -1.04. The van der Waals surface area contributed by atoms with Gasteiger partial charge >= 0.3 is 24.8 Å². The smallest absolute Gasteiger partial charge is 1.00 e. The first-order chi connectivity index (χ1) is 7.09. The van der Waals surface area contributed by atoms with Gasteiger partial charge in [0.25, 0.3) is 0 Å². The number of carboxylic acid groups (broad SMARTS) is 1. The van der Waals surface area contributed by atoms with Crippen molar-refractivity contribution in [1.29, 1.82) is 0 Å². The molecule has 0 atom stereocenters.